The summed E-state index contributed by atoms with van der Waals surface area (Å²) in [7, 11) is 0. The second kappa shape index (κ2) is 10.9. The summed E-state index contributed by atoms with van der Waals surface area (Å²) in [6.45, 7) is 5.96. The maximum absolute atomic E-state index is 13.8. The third-order valence-corrected chi connectivity index (χ3v) is 6.40. The summed E-state index contributed by atoms with van der Waals surface area (Å²) in [4.78, 5) is 20.8. The molecule has 176 valence electrons. The van der Waals surface area contributed by atoms with Crippen molar-refractivity contribution < 1.29 is 4.79 Å². The van der Waals surface area contributed by atoms with Crippen LogP contribution in [0.4, 0.5) is 0 Å². The Kier molecular flexibility index (Phi) is 7.66. The fourth-order valence-corrected chi connectivity index (χ4v) is 4.68. The standard InChI is InChI=1S/C28H31ClN4O/c1-20(2)26(32(18-10-17-30)28(34)22-13-6-7-14-23(22)29)27-31-24-15-8-9-16-25(24)33(27)19-21-11-4-3-5-12-21/h3-9,11-16,20,26H,10,17-19,30H2,1-2H3. The summed E-state index contributed by atoms with van der Waals surface area (Å²) in [6.07, 6.45) is 0.693. The zero-order valence-corrected chi connectivity index (χ0v) is 20.4. The van der Waals surface area contributed by atoms with Crippen molar-refractivity contribution in [2.24, 2.45) is 11.7 Å². The van der Waals surface area contributed by atoms with Gasteiger partial charge in [-0.05, 0) is 48.7 Å². The van der Waals surface area contributed by atoms with Crippen LogP contribution in [0.2, 0.25) is 5.02 Å². The van der Waals surface area contributed by atoms with Crippen molar-refractivity contribution in [3.05, 3.63) is 101 Å². The predicted octanol–water partition coefficient (Wildman–Crippen LogP) is 5.93. The molecule has 0 bridgehead atoms. The van der Waals surface area contributed by atoms with Crippen molar-refractivity contribution in [3.63, 3.8) is 0 Å². The van der Waals surface area contributed by atoms with Gasteiger partial charge < -0.3 is 15.2 Å². The highest BCUT2D eigenvalue weighted by Gasteiger charge is 2.33. The molecule has 0 radical (unpaired) electrons. The molecule has 4 aromatic rings. The SMILES string of the molecule is CC(C)C(c1nc2ccccc2n1Cc1ccccc1)N(CCCN)C(=O)c1ccccc1Cl. The van der Waals surface area contributed by atoms with Gasteiger partial charge in [-0.1, -0.05) is 80.0 Å². The largest absolute Gasteiger partial charge is 0.330 e. The van der Waals surface area contributed by atoms with Gasteiger partial charge in [0.2, 0.25) is 0 Å². The number of amides is 1. The summed E-state index contributed by atoms with van der Waals surface area (Å²) < 4.78 is 2.24. The minimum Gasteiger partial charge on any atom is -0.330 e. The Labute approximate surface area is 206 Å². The summed E-state index contributed by atoms with van der Waals surface area (Å²) in [5.74, 6) is 0.893. The zero-order chi connectivity index (χ0) is 24.1. The van der Waals surface area contributed by atoms with Crippen molar-refractivity contribution in [3.8, 4) is 0 Å². The molecule has 1 aromatic heterocycles. The molecular formula is C28H31ClN4O. The van der Waals surface area contributed by atoms with Gasteiger partial charge in [-0.15, -0.1) is 0 Å². The van der Waals surface area contributed by atoms with Crippen LogP contribution in [0.25, 0.3) is 11.0 Å². The number of imidazole rings is 1. The number of nitrogens with two attached hydrogens (primary N) is 1. The molecule has 0 fully saturated rings. The van der Waals surface area contributed by atoms with Crippen molar-refractivity contribution in [1.82, 2.24) is 14.5 Å². The van der Waals surface area contributed by atoms with Gasteiger partial charge in [-0.2, -0.15) is 0 Å². The van der Waals surface area contributed by atoms with Gasteiger partial charge >= 0.3 is 0 Å². The predicted molar refractivity (Wildman–Crippen MR) is 139 cm³/mol. The molecule has 0 aliphatic carbocycles. The lowest BCUT2D eigenvalue weighted by Crippen LogP contribution is -2.40. The monoisotopic (exact) mass is 474 g/mol. The molecule has 1 unspecified atom stereocenters. The van der Waals surface area contributed by atoms with Crippen LogP contribution in [0, 0.1) is 5.92 Å². The van der Waals surface area contributed by atoms with Gasteiger partial charge in [0, 0.05) is 13.1 Å². The minimum absolute atomic E-state index is 0.101. The average Bonchev–Trinajstić information content (AvgIpc) is 3.19. The number of hydrogen-bond donors (Lipinski definition) is 1. The number of para-hydroxylation sites is 2. The molecule has 0 aliphatic rings. The number of rotatable bonds is 9. The Hall–Kier alpha value is -3.15. The van der Waals surface area contributed by atoms with Crippen LogP contribution >= 0.6 is 11.6 Å². The first-order valence-corrected chi connectivity index (χ1v) is 12.1. The molecule has 3 aromatic carbocycles. The van der Waals surface area contributed by atoms with Crippen LogP contribution in [0.15, 0.2) is 78.9 Å². The van der Waals surface area contributed by atoms with Crippen LogP contribution in [0.3, 0.4) is 0 Å². The van der Waals surface area contributed by atoms with Crippen LogP contribution in [-0.4, -0.2) is 33.4 Å². The van der Waals surface area contributed by atoms with E-state index >= 15 is 0 Å². The van der Waals surface area contributed by atoms with E-state index in [1.807, 2.05) is 53.4 Å². The van der Waals surface area contributed by atoms with Crippen molar-refractivity contribution in [2.75, 3.05) is 13.1 Å². The van der Waals surface area contributed by atoms with Crippen molar-refractivity contribution in [1.29, 1.82) is 0 Å². The highest BCUT2D eigenvalue weighted by atomic mass is 35.5. The normalized spacial score (nSPS) is 12.3. The van der Waals surface area contributed by atoms with Gasteiger partial charge in [0.1, 0.15) is 5.82 Å². The van der Waals surface area contributed by atoms with Crippen LogP contribution in [0.1, 0.15) is 48.1 Å². The maximum Gasteiger partial charge on any atom is 0.255 e. The zero-order valence-electron chi connectivity index (χ0n) is 19.7. The van der Waals surface area contributed by atoms with E-state index in [1.54, 1.807) is 12.1 Å². The maximum atomic E-state index is 13.8. The Balaban J connectivity index is 1.85. The smallest absolute Gasteiger partial charge is 0.255 e. The third-order valence-electron chi connectivity index (χ3n) is 6.07. The minimum atomic E-state index is -0.244. The van der Waals surface area contributed by atoms with Crippen molar-refractivity contribution >= 4 is 28.5 Å². The molecule has 0 aliphatic heterocycles. The number of carbonyl (C=O) groups is 1. The van der Waals surface area contributed by atoms with Gasteiger partial charge in [0.15, 0.2) is 0 Å². The van der Waals surface area contributed by atoms with Crippen molar-refractivity contribution in [2.45, 2.75) is 32.9 Å². The van der Waals surface area contributed by atoms with E-state index in [-0.39, 0.29) is 17.9 Å². The van der Waals surface area contributed by atoms with Gasteiger partial charge in [-0.25, -0.2) is 4.98 Å². The van der Waals surface area contributed by atoms with E-state index in [0.29, 0.717) is 36.6 Å². The number of carbonyl (C=O) groups excluding carboxylic acids is 1. The first-order chi connectivity index (χ1) is 16.5. The number of halogens is 1. The number of fused-ring (bicyclic) bond motifs is 1. The Bertz CT molecular complexity index is 1250. The number of aromatic nitrogens is 2. The second-order valence-electron chi connectivity index (χ2n) is 8.84. The van der Waals surface area contributed by atoms with Crippen LogP contribution < -0.4 is 5.73 Å². The molecule has 2 N–H and O–H groups in total. The topological polar surface area (TPSA) is 64.2 Å². The number of nitrogens with zero attached hydrogens (tertiary/aromatic N) is 3. The molecular weight excluding hydrogens is 444 g/mol. The summed E-state index contributed by atoms with van der Waals surface area (Å²) in [5.41, 5.74) is 9.52. The molecule has 0 saturated heterocycles. The van der Waals surface area contributed by atoms with Gasteiger partial charge in [0.25, 0.3) is 5.91 Å². The van der Waals surface area contributed by atoms with Crippen LogP contribution in [-0.2, 0) is 6.54 Å². The molecule has 0 saturated carbocycles. The quantitative estimate of drug-likeness (QED) is 0.327. The fraction of sp³-hybridized carbons (Fsp3) is 0.286. The Morgan fingerprint density at radius 1 is 1.00 bits per heavy atom. The van der Waals surface area contributed by atoms with E-state index in [4.69, 9.17) is 22.3 Å². The molecule has 5 nitrogen and oxygen atoms in total. The van der Waals surface area contributed by atoms with Crippen LogP contribution in [0.5, 0.6) is 0 Å². The molecule has 34 heavy (non-hydrogen) atoms. The molecule has 0 spiro atoms. The number of hydrogen-bond acceptors (Lipinski definition) is 3. The molecule has 1 amide bonds. The molecule has 1 heterocycles. The number of benzene rings is 3. The van der Waals surface area contributed by atoms with Gasteiger partial charge in [-0.3, -0.25) is 4.79 Å². The average molecular weight is 475 g/mol. The first-order valence-electron chi connectivity index (χ1n) is 11.8. The lowest BCUT2D eigenvalue weighted by Gasteiger charge is -2.35. The lowest BCUT2D eigenvalue weighted by atomic mass is 9.99. The highest BCUT2D eigenvalue weighted by Crippen LogP contribution is 2.33. The third kappa shape index (κ3) is 5.01. The summed E-state index contributed by atoms with van der Waals surface area (Å²) in [6, 6.07) is 25.4. The second-order valence-corrected chi connectivity index (χ2v) is 9.25. The van der Waals surface area contributed by atoms with E-state index in [1.165, 1.54) is 5.56 Å². The highest BCUT2D eigenvalue weighted by molar-refractivity contribution is 6.33. The van der Waals surface area contributed by atoms with E-state index in [0.717, 1.165) is 16.9 Å². The van der Waals surface area contributed by atoms with Gasteiger partial charge in [0.05, 0.1) is 27.7 Å². The molecule has 1 atom stereocenters. The lowest BCUT2D eigenvalue weighted by molar-refractivity contribution is 0.0605. The molecule has 4 rings (SSSR count). The Morgan fingerprint density at radius 2 is 1.68 bits per heavy atom. The Morgan fingerprint density at radius 3 is 2.38 bits per heavy atom. The first kappa shape index (κ1) is 24.0. The van der Waals surface area contributed by atoms with E-state index in [9.17, 15) is 4.79 Å². The van der Waals surface area contributed by atoms with E-state index < -0.39 is 0 Å². The molecule has 6 heteroatoms. The fourth-order valence-electron chi connectivity index (χ4n) is 4.47. The summed E-state index contributed by atoms with van der Waals surface area (Å²) in [5, 5.41) is 0.450. The van der Waals surface area contributed by atoms with E-state index in [2.05, 4.69) is 36.6 Å². The summed E-state index contributed by atoms with van der Waals surface area (Å²) >= 11 is 6.44.